The van der Waals surface area contributed by atoms with E-state index in [4.69, 9.17) is 9.47 Å². The number of esters is 1. The molecule has 3 aliphatic heterocycles. The number of aryl methyl sites for hydroxylation is 1. The van der Waals surface area contributed by atoms with Gasteiger partial charge in [0.2, 0.25) is 5.91 Å². The fourth-order valence-corrected chi connectivity index (χ4v) is 4.31. The third-order valence-corrected chi connectivity index (χ3v) is 5.69. The predicted molar refractivity (Wildman–Crippen MR) is 96.2 cm³/mol. The van der Waals surface area contributed by atoms with Gasteiger partial charge < -0.3 is 14.4 Å². The first-order chi connectivity index (χ1) is 12.5. The maximum Gasteiger partial charge on any atom is 0.312 e. The SMILES string of the molecule is CCCCOC(=O)[C@@H]1[C@H]2C(=O)N(Cc3ccc(C)cc3)C[C@@]23C=C[C@H]1O3. The summed E-state index contributed by atoms with van der Waals surface area (Å²) in [7, 11) is 0. The Hall–Kier alpha value is -2.14. The van der Waals surface area contributed by atoms with Gasteiger partial charge in [-0.15, -0.1) is 0 Å². The molecular formula is C21H25NO4. The third kappa shape index (κ3) is 2.75. The van der Waals surface area contributed by atoms with Crippen LogP contribution in [-0.2, 0) is 25.6 Å². The number of hydrogen-bond donors (Lipinski definition) is 0. The molecule has 26 heavy (non-hydrogen) atoms. The van der Waals surface area contributed by atoms with Crippen LogP contribution >= 0.6 is 0 Å². The molecule has 3 heterocycles. The summed E-state index contributed by atoms with van der Waals surface area (Å²) in [4.78, 5) is 27.5. The highest BCUT2D eigenvalue weighted by Gasteiger charge is 2.67. The summed E-state index contributed by atoms with van der Waals surface area (Å²) in [5.74, 6) is -1.29. The summed E-state index contributed by atoms with van der Waals surface area (Å²) in [6.07, 6.45) is 5.37. The molecule has 2 fully saturated rings. The van der Waals surface area contributed by atoms with Gasteiger partial charge in [-0.05, 0) is 18.9 Å². The van der Waals surface area contributed by atoms with Gasteiger partial charge >= 0.3 is 5.97 Å². The van der Waals surface area contributed by atoms with Crippen LogP contribution in [0.3, 0.4) is 0 Å². The average Bonchev–Trinajstić information content (AvgIpc) is 3.26. The first kappa shape index (κ1) is 17.3. The maximum atomic E-state index is 13.1. The fourth-order valence-electron chi connectivity index (χ4n) is 4.31. The van der Waals surface area contributed by atoms with Crippen molar-refractivity contribution in [2.24, 2.45) is 11.8 Å². The largest absolute Gasteiger partial charge is 0.465 e. The lowest BCUT2D eigenvalue weighted by Gasteiger charge is -2.22. The van der Waals surface area contributed by atoms with Crippen LogP contribution in [0.1, 0.15) is 30.9 Å². The molecule has 1 spiro atoms. The number of unbranched alkanes of at least 4 members (excludes halogenated alkanes) is 1. The minimum Gasteiger partial charge on any atom is -0.465 e. The van der Waals surface area contributed by atoms with Gasteiger partial charge in [-0.2, -0.15) is 0 Å². The Balaban J connectivity index is 1.51. The van der Waals surface area contributed by atoms with Crippen LogP contribution in [0, 0.1) is 18.8 Å². The van der Waals surface area contributed by atoms with Crippen LogP contribution in [0.2, 0.25) is 0 Å². The first-order valence-corrected chi connectivity index (χ1v) is 9.42. The van der Waals surface area contributed by atoms with E-state index in [1.165, 1.54) is 5.56 Å². The minimum absolute atomic E-state index is 0.00475. The average molecular weight is 355 g/mol. The molecule has 0 N–H and O–H groups in total. The molecule has 1 aromatic carbocycles. The number of carbonyl (C=O) groups excluding carboxylic acids is 2. The lowest BCUT2D eigenvalue weighted by Crippen LogP contribution is -2.40. The normalized spacial score (nSPS) is 31.5. The van der Waals surface area contributed by atoms with Crippen molar-refractivity contribution >= 4 is 11.9 Å². The van der Waals surface area contributed by atoms with E-state index in [1.807, 2.05) is 48.2 Å². The summed E-state index contributed by atoms with van der Waals surface area (Å²) in [6.45, 7) is 5.53. The minimum atomic E-state index is -0.666. The van der Waals surface area contributed by atoms with E-state index < -0.39 is 17.4 Å². The Bertz CT molecular complexity index is 741. The van der Waals surface area contributed by atoms with Crippen molar-refractivity contribution in [3.63, 3.8) is 0 Å². The Morgan fingerprint density at radius 2 is 2.12 bits per heavy atom. The topological polar surface area (TPSA) is 55.8 Å². The number of benzene rings is 1. The molecule has 0 saturated carbocycles. The lowest BCUT2D eigenvalue weighted by molar-refractivity contribution is -0.154. The third-order valence-electron chi connectivity index (χ3n) is 5.69. The van der Waals surface area contributed by atoms with E-state index in [9.17, 15) is 9.59 Å². The maximum absolute atomic E-state index is 13.1. The Morgan fingerprint density at radius 1 is 1.35 bits per heavy atom. The number of likely N-dealkylation sites (tertiary alicyclic amines) is 1. The van der Waals surface area contributed by atoms with Crippen molar-refractivity contribution in [2.75, 3.05) is 13.2 Å². The van der Waals surface area contributed by atoms with Gasteiger partial charge in [0, 0.05) is 6.54 Å². The molecule has 0 aromatic heterocycles. The molecule has 1 amide bonds. The zero-order chi connectivity index (χ0) is 18.3. The van der Waals surface area contributed by atoms with E-state index in [-0.39, 0.29) is 18.0 Å². The van der Waals surface area contributed by atoms with Crippen LogP contribution < -0.4 is 0 Å². The highest BCUT2D eigenvalue weighted by Crippen LogP contribution is 2.52. The summed E-state index contributed by atoms with van der Waals surface area (Å²) in [5, 5.41) is 0. The Kier molecular flexibility index (Phi) is 4.35. The molecule has 3 aliphatic rings. The molecule has 0 radical (unpaired) electrons. The summed E-state index contributed by atoms with van der Waals surface area (Å²) >= 11 is 0. The molecule has 5 nitrogen and oxygen atoms in total. The zero-order valence-electron chi connectivity index (χ0n) is 15.3. The lowest BCUT2D eigenvalue weighted by atomic mass is 9.77. The van der Waals surface area contributed by atoms with Crippen molar-refractivity contribution < 1.29 is 19.1 Å². The second kappa shape index (κ2) is 6.54. The van der Waals surface area contributed by atoms with Gasteiger partial charge in [0.05, 0.1) is 25.2 Å². The van der Waals surface area contributed by atoms with Crippen molar-refractivity contribution in [3.05, 3.63) is 47.5 Å². The summed E-state index contributed by atoms with van der Waals surface area (Å²) in [5.41, 5.74) is 1.61. The number of nitrogens with zero attached hydrogens (tertiary/aromatic N) is 1. The molecule has 5 heteroatoms. The number of ether oxygens (including phenoxy) is 2. The standard InChI is InChI=1S/C21H25NO4/c1-3-4-11-25-20(24)17-16-9-10-21(26-16)13-22(19(23)18(17)21)12-15-7-5-14(2)6-8-15/h5-10,16-18H,3-4,11-13H2,1-2H3/t16-,17+,18+,21+/m1/s1. The summed E-state index contributed by atoms with van der Waals surface area (Å²) < 4.78 is 11.5. The van der Waals surface area contributed by atoms with Crippen LogP contribution in [0.25, 0.3) is 0 Å². The summed E-state index contributed by atoms with van der Waals surface area (Å²) in [6, 6.07) is 8.17. The molecule has 138 valence electrons. The van der Waals surface area contributed by atoms with Gasteiger partial charge in [0.1, 0.15) is 11.5 Å². The van der Waals surface area contributed by atoms with Gasteiger partial charge in [-0.3, -0.25) is 9.59 Å². The number of fused-ring (bicyclic) bond motifs is 1. The molecule has 0 aliphatic carbocycles. The van der Waals surface area contributed by atoms with E-state index in [0.29, 0.717) is 19.7 Å². The van der Waals surface area contributed by atoms with Gasteiger partial charge in [0.25, 0.3) is 0 Å². The number of hydrogen-bond acceptors (Lipinski definition) is 4. The van der Waals surface area contributed by atoms with Gasteiger partial charge in [-0.1, -0.05) is 55.3 Å². The van der Waals surface area contributed by atoms with Crippen LogP contribution in [0.15, 0.2) is 36.4 Å². The second-order valence-corrected chi connectivity index (χ2v) is 7.60. The highest BCUT2D eigenvalue weighted by molar-refractivity contribution is 5.91. The molecule has 2 saturated heterocycles. The van der Waals surface area contributed by atoms with Crippen LogP contribution in [0.4, 0.5) is 0 Å². The second-order valence-electron chi connectivity index (χ2n) is 7.60. The number of rotatable bonds is 6. The van der Waals surface area contributed by atoms with Crippen molar-refractivity contribution in [3.8, 4) is 0 Å². The van der Waals surface area contributed by atoms with Gasteiger partial charge in [0.15, 0.2) is 0 Å². The number of amides is 1. The molecular weight excluding hydrogens is 330 g/mol. The van der Waals surface area contributed by atoms with Gasteiger partial charge in [-0.25, -0.2) is 0 Å². The number of carbonyl (C=O) groups is 2. The van der Waals surface area contributed by atoms with Crippen molar-refractivity contribution in [1.82, 2.24) is 4.90 Å². The zero-order valence-corrected chi connectivity index (χ0v) is 15.3. The molecule has 4 atom stereocenters. The van der Waals surface area contributed by atoms with E-state index in [1.54, 1.807) is 0 Å². The van der Waals surface area contributed by atoms with E-state index in [0.717, 1.165) is 18.4 Å². The first-order valence-electron chi connectivity index (χ1n) is 9.42. The smallest absolute Gasteiger partial charge is 0.312 e. The fraction of sp³-hybridized carbons (Fsp3) is 0.524. The van der Waals surface area contributed by atoms with E-state index >= 15 is 0 Å². The van der Waals surface area contributed by atoms with Crippen molar-refractivity contribution in [2.45, 2.75) is 44.9 Å². The van der Waals surface area contributed by atoms with Crippen molar-refractivity contribution in [1.29, 1.82) is 0 Å². The Morgan fingerprint density at radius 3 is 2.85 bits per heavy atom. The molecule has 0 unspecified atom stereocenters. The molecule has 1 aromatic rings. The predicted octanol–water partition coefficient (Wildman–Crippen LogP) is 2.62. The monoisotopic (exact) mass is 355 g/mol. The van der Waals surface area contributed by atoms with Crippen LogP contribution in [0.5, 0.6) is 0 Å². The Labute approximate surface area is 154 Å². The molecule has 2 bridgehead atoms. The quantitative estimate of drug-likeness (QED) is 0.447. The highest BCUT2D eigenvalue weighted by atomic mass is 16.6. The van der Waals surface area contributed by atoms with E-state index in [2.05, 4.69) is 6.92 Å². The molecule has 4 rings (SSSR count). The van der Waals surface area contributed by atoms with Crippen LogP contribution in [-0.4, -0.2) is 41.6 Å².